The SMILES string of the molecule is CC(C)OCCOc1cc(Br)ccc1C(N)=S. The third-order valence-electron chi connectivity index (χ3n) is 2.00. The Balaban J connectivity index is 2.62. The largest absolute Gasteiger partial charge is 0.490 e. The summed E-state index contributed by atoms with van der Waals surface area (Å²) in [5.74, 6) is 0.680. The number of ether oxygens (including phenoxy) is 2. The van der Waals surface area contributed by atoms with Gasteiger partial charge in [-0.25, -0.2) is 0 Å². The Labute approximate surface area is 115 Å². The molecule has 0 radical (unpaired) electrons. The van der Waals surface area contributed by atoms with Gasteiger partial charge in [-0.15, -0.1) is 0 Å². The number of benzene rings is 1. The van der Waals surface area contributed by atoms with Crippen LogP contribution < -0.4 is 10.5 Å². The fraction of sp³-hybridized carbons (Fsp3) is 0.417. The lowest BCUT2D eigenvalue weighted by Gasteiger charge is -2.12. The minimum absolute atomic E-state index is 0.205. The molecule has 1 rings (SSSR count). The summed E-state index contributed by atoms with van der Waals surface area (Å²) in [4.78, 5) is 0.331. The fourth-order valence-electron chi connectivity index (χ4n) is 1.25. The van der Waals surface area contributed by atoms with Gasteiger partial charge in [-0.1, -0.05) is 28.1 Å². The van der Waals surface area contributed by atoms with Crippen molar-refractivity contribution in [2.75, 3.05) is 13.2 Å². The van der Waals surface area contributed by atoms with Crippen LogP contribution in [0.2, 0.25) is 0 Å². The van der Waals surface area contributed by atoms with Gasteiger partial charge in [0.15, 0.2) is 0 Å². The fourth-order valence-corrected chi connectivity index (χ4v) is 1.76. The second-order valence-electron chi connectivity index (χ2n) is 3.77. The number of hydrogen-bond donors (Lipinski definition) is 1. The molecule has 0 spiro atoms. The summed E-state index contributed by atoms with van der Waals surface area (Å²) in [7, 11) is 0. The van der Waals surface area contributed by atoms with Crippen LogP contribution in [0, 0.1) is 0 Å². The Morgan fingerprint density at radius 1 is 1.41 bits per heavy atom. The van der Waals surface area contributed by atoms with Gasteiger partial charge in [-0.2, -0.15) is 0 Å². The molecule has 94 valence electrons. The highest BCUT2D eigenvalue weighted by Crippen LogP contribution is 2.23. The first-order valence-corrected chi connectivity index (χ1v) is 6.54. The van der Waals surface area contributed by atoms with E-state index in [4.69, 9.17) is 27.4 Å². The lowest BCUT2D eigenvalue weighted by molar-refractivity contribution is 0.0552. The lowest BCUT2D eigenvalue weighted by Crippen LogP contribution is -2.15. The highest BCUT2D eigenvalue weighted by atomic mass is 79.9. The van der Waals surface area contributed by atoms with Gasteiger partial charge in [0.1, 0.15) is 17.3 Å². The molecule has 0 atom stereocenters. The van der Waals surface area contributed by atoms with Gasteiger partial charge in [-0.3, -0.25) is 0 Å². The number of nitrogens with two attached hydrogens (primary N) is 1. The average molecular weight is 318 g/mol. The number of hydrogen-bond acceptors (Lipinski definition) is 3. The summed E-state index contributed by atoms with van der Waals surface area (Å²) in [6, 6.07) is 5.57. The summed E-state index contributed by atoms with van der Waals surface area (Å²) in [5, 5.41) is 0. The van der Waals surface area contributed by atoms with Crippen LogP contribution in [0.3, 0.4) is 0 Å². The molecule has 0 heterocycles. The van der Waals surface area contributed by atoms with Gasteiger partial charge < -0.3 is 15.2 Å². The van der Waals surface area contributed by atoms with E-state index in [9.17, 15) is 0 Å². The maximum Gasteiger partial charge on any atom is 0.130 e. The van der Waals surface area contributed by atoms with Crippen LogP contribution in [0.1, 0.15) is 19.4 Å². The van der Waals surface area contributed by atoms with E-state index in [1.807, 2.05) is 32.0 Å². The predicted octanol–water partition coefficient (Wildman–Crippen LogP) is 2.89. The van der Waals surface area contributed by atoms with E-state index in [0.29, 0.717) is 24.0 Å². The summed E-state index contributed by atoms with van der Waals surface area (Å²) < 4.78 is 11.9. The maximum atomic E-state index is 5.62. The van der Waals surface area contributed by atoms with Crippen molar-refractivity contribution in [3.63, 3.8) is 0 Å². The summed E-state index contributed by atoms with van der Waals surface area (Å²) in [6.07, 6.45) is 0.205. The van der Waals surface area contributed by atoms with Crippen LogP contribution in [0.25, 0.3) is 0 Å². The van der Waals surface area contributed by atoms with Crippen molar-refractivity contribution in [3.05, 3.63) is 28.2 Å². The van der Waals surface area contributed by atoms with Gasteiger partial charge in [0.2, 0.25) is 0 Å². The Hall–Kier alpha value is -0.650. The first-order chi connectivity index (χ1) is 8.00. The molecule has 5 heteroatoms. The molecule has 0 aromatic heterocycles. The molecule has 1 aromatic carbocycles. The first-order valence-electron chi connectivity index (χ1n) is 5.34. The molecule has 17 heavy (non-hydrogen) atoms. The molecule has 3 nitrogen and oxygen atoms in total. The molecule has 0 bridgehead atoms. The van der Waals surface area contributed by atoms with Crippen molar-refractivity contribution in [3.8, 4) is 5.75 Å². The van der Waals surface area contributed by atoms with E-state index in [0.717, 1.165) is 10.0 Å². The molecule has 0 unspecified atom stereocenters. The number of halogens is 1. The van der Waals surface area contributed by atoms with Crippen LogP contribution in [0.4, 0.5) is 0 Å². The molecule has 0 amide bonds. The molecule has 1 aromatic rings. The zero-order valence-corrected chi connectivity index (χ0v) is 12.3. The third kappa shape index (κ3) is 5.02. The van der Waals surface area contributed by atoms with E-state index in [1.165, 1.54) is 0 Å². The highest BCUT2D eigenvalue weighted by molar-refractivity contribution is 9.10. The van der Waals surface area contributed by atoms with Gasteiger partial charge in [0.25, 0.3) is 0 Å². The zero-order valence-electron chi connectivity index (χ0n) is 9.90. The Morgan fingerprint density at radius 3 is 2.71 bits per heavy atom. The molecule has 0 aliphatic heterocycles. The van der Waals surface area contributed by atoms with Crippen LogP contribution in [-0.4, -0.2) is 24.3 Å². The summed E-state index contributed by atoms with van der Waals surface area (Å²) >= 11 is 8.35. The lowest BCUT2D eigenvalue weighted by atomic mass is 10.2. The van der Waals surface area contributed by atoms with E-state index in [-0.39, 0.29) is 6.10 Å². The van der Waals surface area contributed by atoms with Crippen molar-refractivity contribution in [2.45, 2.75) is 20.0 Å². The standard InChI is InChI=1S/C12H16BrNO2S/c1-8(2)15-5-6-16-11-7-9(13)3-4-10(11)12(14)17/h3-4,7-8H,5-6H2,1-2H3,(H2,14,17). The van der Waals surface area contributed by atoms with Gasteiger partial charge in [-0.05, 0) is 32.0 Å². The molecule has 2 N–H and O–H groups in total. The van der Waals surface area contributed by atoms with Crippen LogP contribution in [0.15, 0.2) is 22.7 Å². The second-order valence-corrected chi connectivity index (χ2v) is 5.13. The highest BCUT2D eigenvalue weighted by Gasteiger charge is 2.07. The molecule has 0 saturated carbocycles. The van der Waals surface area contributed by atoms with Crippen LogP contribution in [0.5, 0.6) is 5.75 Å². The van der Waals surface area contributed by atoms with Crippen molar-refractivity contribution >= 4 is 33.1 Å². The van der Waals surface area contributed by atoms with E-state index in [1.54, 1.807) is 0 Å². The summed E-state index contributed by atoms with van der Waals surface area (Å²) in [6.45, 7) is 4.99. The topological polar surface area (TPSA) is 44.5 Å². The molecule has 0 saturated heterocycles. The monoisotopic (exact) mass is 317 g/mol. The van der Waals surface area contributed by atoms with Crippen molar-refractivity contribution in [2.24, 2.45) is 5.73 Å². The van der Waals surface area contributed by atoms with Crippen molar-refractivity contribution in [1.29, 1.82) is 0 Å². The second kappa shape index (κ2) is 6.93. The minimum Gasteiger partial charge on any atom is -0.490 e. The predicted molar refractivity (Wildman–Crippen MR) is 76.6 cm³/mol. The number of thiocarbonyl (C=S) groups is 1. The van der Waals surface area contributed by atoms with E-state index >= 15 is 0 Å². The van der Waals surface area contributed by atoms with E-state index < -0.39 is 0 Å². The quantitative estimate of drug-likeness (QED) is 0.647. The van der Waals surface area contributed by atoms with Crippen molar-refractivity contribution in [1.82, 2.24) is 0 Å². The minimum atomic E-state index is 0.205. The van der Waals surface area contributed by atoms with Crippen LogP contribution >= 0.6 is 28.1 Å². The summed E-state index contributed by atoms with van der Waals surface area (Å²) in [5.41, 5.74) is 6.37. The van der Waals surface area contributed by atoms with Gasteiger partial charge >= 0.3 is 0 Å². The normalized spacial score (nSPS) is 10.6. The van der Waals surface area contributed by atoms with E-state index in [2.05, 4.69) is 15.9 Å². The molecule has 0 fully saturated rings. The Morgan fingerprint density at radius 2 is 2.12 bits per heavy atom. The molecular formula is C12H16BrNO2S. The Bertz CT molecular complexity index is 396. The number of rotatable bonds is 6. The maximum absolute atomic E-state index is 5.62. The van der Waals surface area contributed by atoms with Crippen molar-refractivity contribution < 1.29 is 9.47 Å². The first kappa shape index (κ1) is 14.4. The molecular weight excluding hydrogens is 302 g/mol. The smallest absolute Gasteiger partial charge is 0.130 e. The third-order valence-corrected chi connectivity index (χ3v) is 2.71. The zero-order chi connectivity index (χ0) is 12.8. The van der Waals surface area contributed by atoms with Gasteiger partial charge in [0.05, 0.1) is 18.3 Å². The van der Waals surface area contributed by atoms with Gasteiger partial charge in [0, 0.05) is 4.47 Å². The molecule has 0 aliphatic carbocycles. The van der Waals surface area contributed by atoms with Crippen LogP contribution in [-0.2, 0) is 4.74 Å². The Kier molecular flexibility index (Phi) is 5.88. The average Bonchev–Trinajstić information content (AvgIpc) is 2.23. The molecule has 0 aliphatic rings.